The van der Waals surface area contributed by atoms with E-state index < -0.39 is 29.0 Å². The second-order valence-corrected chi connectivity index (χ2v) is 6.47. The molecule has 0 aliphatic heterocycles. The summed E-state index contributed by atoms with van der Waals surface area (Å²) in [6.07, 6.45) is 0. The van der Waals surface area contributed by atoms with Gasteiger partial charge >= 0.3 is 17.6 Å². The summed E-state index contributed by atoms with van der Waals surface area (Å²) in [6.45, 7) is 0. The standard InChI is InChI=1S/C17H13FN2O6S/c1-20(17(24)19-8-3-4-10(18)11(5-8)25-2)14-7-12-13(27-14)6-9(15(21)22)16(23)26-12/h3-7H,1-2H3,(H,19,24)(H,21,22). The summed E-state index contributed by atoms with van der Waals surface area (Å²) in [4.78, 5) is 36.3. The zero-order valence-corrected chi connectivity index (χ0v) is 14.9. The van der Waals surface area contributed by atoms with E-state index in [9.17, 15) is 18.8 Å². The second kappa shape index (κ2) is 7.08. The number of halogens is 1. The van der Waals surface area contributed by atoms with Crippen LogP contribution < -0.4 is 20.6 Å². The van der Waals surface area contributed by atoms with Crippen LogP contribution in [0.2, 0.25) is 0 Å². The number of hydrogen-bond donors (Lipinski definition) is 2. The van der Waals surface area contributed by atoms with E-state index >= 15 is 0 Å². The van der Waals surface area contributed by atoms with Gasteiger partial charge in [0.15, 0.2) is 17.1 Å². The number of hydrogen-bond acceptors (Lipinski definition) is 6. The minimum Gasteiger partial charge on any atom is -0.494 e. The molecule has 0 atom stereocenters. The van der Waals surface area contributed by atoms with Crippen LogP contribution in [0.5, 0.6) is 5.75 Å². The van der Waals surface area contributed by atoms with E-state index in [1.807, 2.05) is 0 Å². The van der Waals surface area contributed by atoms with Crippen LogP contribution in [0.15, 0.2) is 39.5 Å². The number of ether oxygens (including phenoxy) is 1. The number of carbonyl (C=O) groups excluding carboxylic acids is 1. The average molecular weight is 392 g/mol. The molecule has 0 bridgehead atoms. The van der Waals surface area contributed by atoms with Gasteiger partial charge in [-0.15, -0.1) is 11.3 Å². The van der Waals surface area contributed by atoms with Crippen LogP contribution in [-0.2, 0) is 0 Å². The van der Waals surface area contributed by atoms with Crippen molar-refractivity contribution in [2.75, 3.05) is 24.4 Å². The normalized spacial score (nSPS) is 10.6. The molecule has 2 amide bonds. The third-order valence-electron chi connectivity index (χ3n) is 3.68. The first-order chi connectivity index (χ1) is 12.8. The summed E-state index contributed by atoms with van der Waals surface area (Å²) < 4.78 is 23.7. The van der Waals surface area contributed by atoms with Crippen molar-refractivity contribution in [2.24, 2.45) is 0 Å². The van der Waals surface area contributed by atoms with Crippen molar-refractivity contribution in [3.63, 3.8) is 0 Å². The van der Waals surface area contributed by atoms with Gasteiger partial charge in [0.2, 0.25) is 0 Å². The first-order valence-corrected chi connectivity index (χ1v) is 8.31. The Labute approximate surface area is 155 Å². The highest BCUT2D eigenvalue weighted by atomic mass is 32.1. The maximum atomic E-state index is 13.4. The number of carbonyl (C=O) groups is 2. The largest absolute Gasteiger partial charge is 0.494 e. The maximum Gasteiger partial charge on any atom is 0.351 e. The maximum absolute atomic E-state index is 13.4. The fourth-order valence-corrected chi connectivity index (χ4v) is 3.25. The number of nitrogens with zero attached hydrogens (tertiary/aromatic N) is 1. The molecule has 8 nitrogen and oxygen atoms in total. The van der Waals surface area contributed by atoms with Gasteiger partial charge in [-0.05, 0) is 18.2 Å². The van der Waals surface area contributed by atoms with Crippen molar-refractivity contribution >= 4 is 44.3 Å². The van der Waals surface area contributed by atoms with E-state index in [2.05, 4.69) is 5.32 Å². The predicted octanol–water partition coefficient (Wildman–Crippen LogP) is 3.37. The lowest BCUT2D eigenvalue weighted by atomic mass is 10.3. The molecule has 0 aliphatic rings. The molecule has 10 heteroatoms. The molecule has 2 aromatic heterocycles. The summed E-state index contributed by atoms with van der Waals surface area (Å²) in [7, 11) is 2.80. The summed E-state index contributed by atoms with van der Waals surface area (Å²) >= 11 is 1.08. The number of benzene rings is 1. The van der Waals surface area contributed by atoms with Crippen molar-refractivity contribution in [3.8, 4) is 5.75 Å². The fraction of sp³-hybridized carbons (Fsp3) is 0.118. The van der Waals surface area contributed by atoms with Crippen molar-refractivity contribution in [1.82, 2.24) is 0 Å². The molecule has 0 saturated carbocycles. The lowest BCUT2D eigenvalue weighted by molar-refractivity contribution is 0.0692. The number of carboxylic acids is 1. The van der Waals surface area contributed by atoms with Gasteiger partial charge in [0.25, 0.3) is 0 Å². The number of aromatic carboxylic acids is 1. The molecule has 140 valence electrons. The number of thiophene rings is 1. The Bertz CT molecular complexity index is 1110. The Morgan fingerprint density at radius 2 is 2.04 bits per heavy atom. The van der Waals surface area contributed by atoms with E-state index in [0.29, 0.717) is 15.4 Å². The van der Waals surface area contributed by atoms with Gasteiger partial charge in [0, 0.05) is 24.9 Å². The van der Waals surface area contributed by atoms with Crippen LogP contribution in [-0.4, -0.2) is 31.3 Å². The molecule has 0 radical (unpaired) electrons. The third-order valence-corrected chi connectivity index (χ3v) is 4.82. The zero-order valence-electron chi connectivity index (χ0n) is 14.1. The highest BCUT2D eigenvalue weighted by molar-refractivity contribution is 7.22. The van der Waals surface area contributed by atoms with Gasteiger partial charge in [-0.25, -0.2) is 18.8 Å². The van der Waals surface area contributed by atoms with Crippen molar-refractivity contribution in [1.29, 1.82) is 0 Å². The Balaban J connectivity index is 1.86. The number of fused-ring (bicyclic) bond motifs is 1. The summed E-state index contributed by atoms with van der Waals surface area (Å²) in [5, 5.41) is 12.0. The Kier molecular flexibility index (Phi) is 4.82. The van der Waals surface area contributed by atoms with Gasteiger partial charge in [0.1, 0.15) is 10.6 Å². The predicted molar refractivity (Wildman–Crippen MR) is 97.7 cm³/mol. The number of nitrogens with one attached hydrogen (secondary N) is 1. The number of amides is 2. The van der Waals surface area contributed by atoms with Crippen LogP contribution in [0.25, 0.3) is 10.3 Å². The zero-order chi connectivity index (χ0) is 19.7. The Morgan fingerprint density at radius 3 is 2.70 bits per heavy atom. The minimum atomic E-state index is -1.39. The van der Waals surface area contributed by atoms with E-state index in [-0.39, 0.29) is 11.3 Å². The molecular weight excluding hydrogens is 379 g/mol. The highest BCUT2D eigenvalue weighted by Crippen LogP contribution is 2.32. The van der Waals surface area contributed by atoms with Gasteiger partial charge in [-0.3, -0.25) is 4.90 Å². The molecule has 2 heterocycles. The Hall–Kier alpha value is -3.40. The molecule has 0 saturated heterocycles. The van der Waals surface area contributed by atoms with Gasteiger partial charge in [-0.2, -0.15) is 0 Å². The molecular formula is C17H13FN2O6S. The third kappa shape index (κ3) is 3.60. The second-order valence-electron chi connectivity index (χ2n) is 5.40. The quantitative estimate of drug-likeness (QED) is 0.705. The van der Waals surface area contributed by atoms with E-state index in [1.54, 1.807) is 0 Å². The SMILES string of the molecule is COc1cc(NC(=O)N(C)c2cc3oc(=O)c(C(=O)O)cc3s2)ccc1F. The van der Waals surface area contributed by atoms with Crippen molar-refractivity contribution in [3.05, 3.63) is 52.1 Å². The monoisotopic (exact) mass is 392 g/mol. The summed E-state index contributed by atoms with van der Waals surface area (Å²) in [5.74, 6) is -1.96. The number of carboxylic acid groups (broad SMARTS) is 1. The van der Waals surface area contributed by atoms with Crippen LogP contribution in [0, 0.1) is 5.82 Å². The number of urea groups is 1. The lowest BCUT2D eigenvalue weighted by Gasteiger charge is -2.16. The molecule has 0 fully saturated rings. The van der Waals surface area contributed by atoms with Gasteiger partial charge < -0.3 is 19.6 Å². The van der Waals surface area contributed by atoms with Gasteiger partial charge in [0.05, 0.1) is 11.8 Å². The van der Waals surface area contributed by atoms with Crippen molar-refractivity contribution < 1.29 is 28.2 Å². The van der Waals surface area contributed by atoms with Crippen LogP contribution in [0.1, 0.15) is 10.4 Å². The number of rotatable bonds is 4. The fourth-order valence-electron chi connectivity index (χ4n) is 2.26. The highest BCUT2D eigenvalue weighted by Gasteiger charge is 2.18. The summed E-state index contributed by atoms with van der Waals surface area (Å²) in [5.41, 5.74) is -0.953. The Morgan fingerprint density at radius 1 is 1.30 bits per heavy atom. The molecule has 0 aliphatic carbocycles. The minimum absolute atomic E-state index is 0.0136. The number of anilines is 2. The molecule has 1 aromatic carbocycles. The van der Waals surface area contributed by atoms with Crippen LogP contribution >= 0.6 is 11.3 Å². The van der Waals surface area contributed by atoms with Crippen molar-refractivity contribution in [2.45, 2.75) is 0 Å². The number of methoxy groups -OCH3 is 1. The smallest absolute Gasteiger partial charge is 0.351 e. The van der Waals surface area contributed by atoms with Gasteiger partial charge in [-0.1, -0.05) is 0 Å². The van der Waals surface area contributed by atoms with E-state index in [0.717, 1.165) is 17.4 Å². The van der Waals surface area contributed by atoms with E-state index in [4.69, 9.17) is 14.3 Å². The lowest BCUT2D eigenvalue weighted by Crippen LogP contribution is -2.30. The molecule has 3 rings (SSSR count). The first-order valence-electron chi connectivity index (χ1n) is 7.49. The average Bonchev–Trinajstić information content (AvgIpc) is 3.04. The molecule has 27 heavy (non-hydrogen) atoms. The molecule has 3 aromatic rings. The topological polar surface area (TPSA) is 109 Å². The van der Waals surface area contributed by atoms with E-state index in [1.165, 1.54) is 43.3 Å². The molecule has 2 N–H and O–H groups in total. The van der Waals surface area contributed by atoms with Crippen LogP contribution in [0.4, 0.5) is 19.9 Å². The summed E-state index contributed by atoms with van der Waals surface area (Å²) in [6, 6.07) is 6.01. The molecule has 0 unspecified atom stereocenters. The first kappa shape index (κ1) is 18.4. The van der Waals surface area contributed by atoms with Crippen LogP contribution in [0.3, 0.4) is 0 Å². The molecule has 0 spiro atoms.